The molecule has 0 amide bonds. The molecule has 4 unspecified atom stereocenters. The summed E-state index contributed by atoms with van der Waals surface area (Å²) in [5.74, 6) is -0.691. The SMILES string of the molecule is COC(=O)C1CC2CCC(O2)C1O. The second-order valence-electron chi connectivity index (χ2n) is 3.73. The van der Waals surface area contributed by atoms with E-state index in [2.05, 4.69) is 4.74 Å². The molecule has 1 N–H and O–H groups in total. The molecule has 2 aliphatic rings. The summed E-state index contributed by atoms with van der Waals surface area (Å²) in [6.07, 6.45) is 1.74. The maximum atomic E-state index is 11.3. The van der Waals surface area contributed by atoms with Crippen LogP contribution in [-0.4, -0.2) is 36.5 Å². The van der Waals surface area contributed by atoms with Crippen molar-refractivity contribution in [2.75, 3.05) is 7.11 Å². The fourth-order valence-electron chi connectivity index (χ4n) is 2.23. The summed E-state index contributed by atoms with van der Waals surface area (Å²) >= 11 is 0. The Morgan fingerprint density at radius 1 is 1.54 bits per heavy atom. The highest BCUT2D eigenvalue weighted by molar-refractivity contribution is 5.73. The molecular weight excluding hydrogens is 172 g/mol. The standard InChI is InChI=1S/C9H14O4/c1-12-9(11)6-4-5-2-3-7(13-5)8(6)10/h5-8,10H,2-4H2,1H3. The summed E-state index contributed by atoms with van der Waals surface area (Å²) in [4.78, 5) is 11.3. The molecule has 2 aliphatic heterocycles. The number of ether oxygens (including phenoxy) is 2. The third kappa shape index (κ3) is 1.44. The van der Waals surface area contributed by atoms with Crippen LogP contribution in [0.25, 0.3) is 0 Å². The number of hydrogen-bond acceptors (Lipinski definition) is 4. The maximum Gasteiger partial charge on any atom is 0.311 e. The van der Waals surface area contributed by atoms with Gasteiger partial charge in [0.05, 0.1) is 31.3 Å². The molecule has 0 aromatic rings. The summed E-state index contributed by atoms with van der Waals surface area (Å²) in [5, 5.41) is 9.73. The minimum Gasteiger partial charge on any atom is -0.469 e. The third-order valence-electron chi connectivity index (χ3n) is 2.95. The van der Waals surface area contributed by atoms with E-state index < -0.39 is 6.10 Å². The van der Waals surface area contributed by atoms with Gasteiger partial charge in [0.25, 0.3) is 0 Å². The molecule has 0 radical (unpaired) electrons. The van der Waals surface area contributed by atoms with Crippen LogP contribution in [0.15, 0.2) is 0 Å². The molecule has 0 aromatic heterocycles. The number of rotatable bonds is 1. The normalized spacial score (nSPS) is 43.2. The number of fused-ring (bicyclic) bond motifs is 2. The summed E-state index contributed by atoms with van der Waals surface area (Å²) in [7, 11) is 1.35. The summed E-state index contributed by atoms with van der Waals surface area (Å²) in [5.41, 5.74) is 0. The van der Waals surface area contributed by atoms with E-state index in [0.29, 0.717) is 6.42 Å². The average molecular weight is 186 g/mol. The molecule has 74 valence electrons. The van der Waals surface area contributed by atoms with Crippen LogP contribution in [0.5, 0.6) is 0 Å². The first kappa shape index (κ1) is 8.97. The van der Waals surface area contributed by atoms with E-state index in [1.807, 2.05) is 0 Å². The first-order valence-electron chi connectivity index (χ1n) is 4.63. The second kappa shape index (κ2) is 3.27. The second-order valence-corrected chi connectivity index (χ2v) is 3.73. The first-order chi connectivity index (χ1) is 6.22. The van der Waals surface area contributed by atoms with Gasteiger partial charge in [0, 0.05) is 0 Å². The zero-order valence-corrected chi connectivity index (χ0v) is 7.60. The molecule has 0 aromatic carbocycles. The van der Waals surface area contributed by atoms with Crippen molar-refractivity contribution in [3.8, 4) is 0 Å². The van der Waals surface area contributed by atoms with E-state index in [-0.39, 0.29) is 24.1 Å². The molecule has 4 atom stereocenters. The van der Waals surface area contributed by atoms with Gasteiger partial charge in [-0.2, -0.15) is 0 Å². The van der Waals surface area contributed by atoms with E-state index >= 15 is 0 Å². The van der Waals surface area contributed by atoms with E-state index in [1.165, 1.54) is 7.11 Å². The summed E-state index contributed by atoms with van der Waals surface area (Å²) in [6, 6.07) is 0. The molecule has 4 nitrogen and oxygen atoms in total. The molecule has 13 heavy (non-hydrogen) atoms. The molecule has 2 saturated heterocycles. The van der Waals surface area contributed by atoms with Crippen molar-refractivity contribution in [2.45, 2.75) is 37.6 Å². The van der Waals surface area contributed by atoms with Gasteiger partial charge in [0.1, 0.15) is 0 Å². The van der Waals surface area contributed by atoms with Crippen molar-refractivity contribution in [2.24, 2.45) is 5.92 Å². The van der Waals surface area contributed by atoms with E-state index in [4.69, 9.17) is 4.74 Å². The number of carbonyl (C=O) groups is 1. The Bertz CT molecular complexity index is 216. The van der Waals surface area contributed by atoms with E-state index in [9.17, 15) is 9.90 Å². The Labute approximate surface area is 76.8 Å². The van der Waals surface area contributed by atoms with Gasteiger partial charge in [-0.25, -0.2) is 0 Å². The Hall–Kier alpha value is -0.610. The summed E-state index contributed by atoms with van der Waals surface area (Å²) in [6.45, 7) is 0. The van der Waals surface area contributed by atoms with Crippen LogP contribution in [0.1, 0.15) is 19.3 Å². The lowest BCUT2D eigenvalue weighted by atomic mass is 9.93. The van der Waals surface area contributed by atoms with Gasteiger partial charge in [-0.15, -0.1) is 0 Å². The van der Waals surface area contributed by atoms with E-state index in [0.717, 1.165) is 12.8 Å². The van der Waals surface area contributed by atoms with Crippen LogP contribution in [0.3, 0.4) is 0 Å². The predicted octanol–water partition coefficient (Wildman–Crippen LogP) is 0.0878. The Kier molecular flexibility index (Phi) is 2.26. The third-order valence-corrected chi connectivity index (χ3v) is 2.95. The van der Waals surface area contributed by atoms with Gasteiger partial charge in [-0.05, 0) is 19.3 Å². The zero-order chi connectivity index (χ0) is 9.42. The van der Waals surface area contributed by atoms with Crippen molar-refractivity contribution in [3.63, 3.8) is 0 Å². The van der Waals surface area contributed by atoms with E-state index in [1.54, 1.807) is 0 Å². The topological polar surface area (TPSA) is 55.8 Å². The number of aliphatic hydroxyl groups excluding tert-OH is 1. The maximum absolute atomic E-state index is 11.3. The van der Waals surface area contributed by atoms with Crippen LogP contribution < -0.4 is 0 Å². The highest BCUT2D eigenvalue weighted by Gasteiger charge is 2.45. The van der Waals surface area contributed by atoms with Crippen molar-refractivity contribution in [1.29, 1.82) is 0 Å². The van der Waals surface area contributed by atoms with Gasteiger partial charge in [-0.1, -0.05) is 0 Å². The fourth-order valence-corrected chi connectivity index (χ4v) is 2.23. The minimum absolute atomic E-state index is 0.150. The highest BCUT2D eigenvalue weighted by Crippen LogP contribution is 2.36. The predicted molar refractivity (Wildman–Crippen MR) is 44.0 cm³/mol. The number of carbonyl (C=O) groups excluding carboxylic acids is 1. The number of esters is 1. The van der Waals surface area contributed by atoms with Crippen LogP contribution in [0.4, 0.5) is 0 Å². The Morgan fingerprint density at radius 2 is 2.31 bits per heavy atom. The number of aliphatic hydroxyl groups is 1. The van der Waals surface area contributed by atoms with Crippen LogP contribution in [0, 0.1) is 5.92 Å². The quantitative estimate of drug-likeness (QED) is 0.589. The molecule has 0 aliphatic carbocycles. The summed E-state index contributed by atoms with van der Waals surface area (Å²) < 4.78 is 10.1. The molecule has 4 heteroatoms. The lowest BCUT2D eigenvalue weighted by molar-refractivity contribution is -0.165. The zero-order valence-electron chi connectivity index (χ0n) is 7.60. The van der Waals surface area contributed by atoms with Crippen molar-refractivity contribution >= 4 is 5.97 Å². The van der Waals surface area contributed by atoms with Crippen LogP contribution >= 0.6 is 0 Å². The molecule has 2 bridgehead atoms. The van der Waals surface area contributed by atoms with Gasteiger partial charge >= 0.3 is 5.97 Å². The highest BCUT2D eigenvalue weighted by atomic mass is 16.5. The fraction of sp³-hybridized carbons (Fsp3) is 0.889. The number of hydrogen-bond donors (Lipinski definition) is 1. The molecule has 2 heterocycles. The first-order valence-corrected chi connectivity index (χ1v) is 4.63. The molecule has 2 rings (SSSR count). The van der Waals surface area contributed by atoms with Gasteiger partial charge < -0.3 is 14.6 Å². The minimum atomic E-state index is -0.675. The Morgan fingerprint density at radius 3 is 3.00 bits per heavy atom. The smallest absolute Gasteiger partial charge is 0.311 e. The van der Waals surface area contributed by atoms with Crippen molar-refractivity contribution in [3.05, 3.63) is 0 Å². The van der Waals surface area contributed by atoms with Gasteiger partial charge in [0.2, 0.25) is 0 Å². The monoisotopic (exact) mass is 186 g/mol. The molecule has 0 spiro atoms. The van der Waals surface area contributed by atoms with Crippen molar-refractivity contribution < 1.29 is 19.4 Å². The number of methoxy groups -OCH3 is 1. The van der Waals surface area contributed by atoms with Gasteiger partial charge in [0.15, 0.2) is 0 Å². The Balaban J connectivity index is 2.08. The lowest BCUT2D eigenvalue weighted by Gasteiger charge is -2.31. The average Bonchev–Trinajstić information content (AvgIpc) is 2.55. The van der Waals surface area contributed by atoms with Crippen LogP contribution in [-0.2, 0) is 14.3 Å². The lowest BCUT2D eigenvalue weighted by Crippen LogP contribution is -2.43. The molecule has 2 fully saturated rings. The molecule has 0 saturated carbocycles. The van der Waals surface area contributed by atoms with Crippen molar-refractivity contribution in [1.82, 2.24) is 0 Å². The largest absolute Gasteiger partial charge is 0.469 e. The molecular formula is C9H14O4. The van der Waals surface area contributed by atoms with Crippen LogP contribution in [0.2, 0.25) is 0 Å². The van der Waals surface area contributed by atoms with Gasteiger partial charge in [-0.3, -0.25) is 4.79 Å².